The van der Waals surface area contributed by atoms with Gasteiger partial charge in [0, 0.05) is 11.1 Å². The summed E-state index contributed by atoms with van der Waals surface area (Å²) in [5, 5.41) is 9.27. The van der Waals surface area contributed by atoms with Gasteiger partial charge in [0.1, 0.15) is 0 Å². The van der Waals surface area contributed by atoms with Crippen LogP contribution < -0.4 is 0 Å². The summed E-state index contributed by atoms with van der Waals surface area (Å²) in [6, 6.07) is 8.34. The smallest absolute Gasteiger partial charge is 0.0462 e. The molecule has 1 aromatic carbocycles. The second-order valence-corrected chi connectivity index (χ2v) is 4.94. The zero-order valence-corrected chi connectivity index (χ0v) is 10.8. The lowest BCUT2D eigenvalue weighted by Gasteiger charge is -2.13. The molecule has 2 heteroatoms. The molecule has 1 aromatic rings. The standard InChI is InChI=1S/C13H19BrO/c1-2-3-5-12(10-15)8-11-6-4-7-13(14)9-11/h4,6-7,9,12,15H,2-3,5,8,10H2,1H3. The van der Waals surface area contributed by atoms with Gasteiger partial charge in [-0.1, -0.05) is 47.8 Å². The molecular weight excluding hydrogens is 252 g/mol. The molecule has 0 aromatic heterocycles. The van der Waals surface area contributed by atoms with Crippen LogP contribution in [-0.4, -0.2) is 11.7 Å². The van der Waals surface area contributed by atoms with Crippen LogP contribution in [0.1, 0.15) is 31.7 Å². The minimum atomic E-state index is 0.298. The number of unbranched alkanes of at least 4 members (excludes halogenated alkanes) is 1. The van der Waals surface area contributed by atoms with Crippen molar-refractivity contribution in [2.24, 2.45) is 5.92 Å². The summed E-state index contributed by atoms with van der Waals surface area (Å²) in [5.41, 5.74) is 1.31. The molecule has 15 heavy (non-hydrogen) atoms. The van der Waals surface area contributed by atoms with Crippen LogP contribution in [0.2, 0.25) is 0 Å². The highest BCUT2D eigenvalue weighted by Crippen LogP contribution is 2.18. The van der Waals surface area contributed by atoms with E-state index in [4.69, 9.17) is 0 Å². The summed E-state index contributed by atoms with van der Waals surface area (Å²) in [6.45, 7) is 2.49. The van der Waals surface area contributed by atoms with Crippen molar-refractivity contribution in [3.8, 4) is 0 Å². The topological polar surface area (TPSA) is 20.2 Å². The lowest BCUT2D eigenvalue weighted by atomic mass is 9.95. The van der Waals surface area contributed by atoms with Crippen LogP contribution in [0.4, 0.5) is 0 Å². The van der Waals surface area contributed by atoms with E-state index < -0.39 is 0 Å². The lowest BCUT2D eigenvalue weighted by molar-refractivity contribution is 0.215. The molecule has 1 nitrogen and oxygen atoms in total. The second-order valence-electron chi connectivity index (χ2n) is 4.02. The first-order valence-corrected chi connectivity index (χ1v) is 6.40. The molecule has 0 saturated carbocycles. The quantitative estimate of drug-likeness (QED) is 0.834. The molecular formula is C13H19BrO. The van der Waals surface area contributed by atoms with Gasteiger partial charge in [-0.2, -0.15) is 0 Å². The average molecular weight is 271 g/mol. The molecule has 0 aliphatic carbocycles. The minimum Gasteiger partial charge on any atom is -0.396 e. The first-order valence-electron chi connectivity index (χ1n) is 5.61. The van der Waals surface area contributed by atoms with Gasteiger partial charge in [0.25, 0.3) is 0 Å². The predicted octanol–water partition coefficient (Wildman–Crippen LogP) is 3.79. The number of rotatable bonds is 6. The van der Waals surface area contributed by atoms with Crippen molar-refractivity contribution in [2.75, 3.05) is 6.61 Å². The molecule has 1 unspecified atom stereocenters. The van der Waals surface area contributed by atoms with Gasteiger partial charge in [-0.25, -0.2) is 0 Å². The van der Waals surface area contributed by atoms with Crippen LogP contribution in [0.5, 0.6) is 0 Å². The largest absolute Gasteiger partial charge is 0.396 e. The third kappa shape index (κ3) is 4.80. The fraction of sp³-hybridized carbons (Fsp3) is 0.538. The van der Waals surface area contributed by atoms with Crippen molar-refractivity contribution in [1.29, 1.82) is 0 Å². The number of hydrogen-bond donors (Lipinski definition) is 1. The lowest BCUT2D eigenvalue weighted by Crippen LogP contribution is -2.09. The maximum atomic E-state index is 9.27. The molecule has 0 aliphatic rings. The summed E-state index contributed by atoms with van der Waals surface area (Å²) in [7, 11) is 0. The average Bonchev–Trinajstić information content (AvgIpc) is 2.24. The van der Waals surface area contributed by atoms with Crippen LogP contribution in [0.15, 0.2) is 28.7 Å². The van der Waals surface area contributed by atoms with Crippen molar-refractivity contribution in [1.82, 2.24) is 0 Å². The van der Waals surface area contributed by atoms with Crippen LogP contribution in [0.25, 0.3) is 0 Å². The van der Waals surface area contributed by atoms with E-state index in [-0.39, 0.29) is 0 Å². The molecule has 0 aliphatic heterocycles. The van der Waals surface area contributed by atoms with Crippen LogP contribution in [-0.2, 0) is 6.42 Å². The molecule has 84 valence electrons. The zero-order chi connectivity index (χ0) is 11.1. The molecule has 1 atom stereocenters. The van der Waals surface area contributed by atoms with Gasteiger partial charge in [0.2, 0.25) is 0 Å². The maximum absolute atomic E-state index is 9.27. The Morgan fingerprint density at radius 1 is 1.40 bits per heavy atom. The number of hydrogen-bond acceptors (Lipinski definition) is 1. The van der Waals surface area contributed by atoms with Gasteiger partial charge in [-0.3, -0.25) is 0 Å². The van der Waals surface area contributed by atoms with Crippen molar-refractivity contribution in [2.45, 2.75) is 32.6 Å². The molecule has 0 radical (unpaired) electrons. The Hall–Kier alpha value is -0.340. The number of halogens is 1. The zero-order valence-electron chi connectivity index (χ0n) is 9.25. The summed E-state index contributed by atoms with van der Waals surface area (Å²) >= 11 is 3.46. The van der Waals surface area contributed by atoms with Gasteiger partial charge in [0.15, 0.2) is 0 Å². The highest BCUT2D eigenvalue weighted by atomic mass is 79.9. The number of benzene rings is 1. The van der Waals surface area contributed by atoms with E-state index in [9.17, 15) is 5.11 Å². The van der Waals surface area contributed by atoms with Gasteiger partial charge in [0.05, 0.1) is 0 Å². The van der Waals surface area contributed by atoms with Crippen molar-refractivity contribution in [3.05, 3.63) is 34.3 Å². The van der Waals surface area contributed by atoms with Gasteiger partial charge < -0.3 is 5.11 Å². The minimum absolute atomic E-state index is 0.298. The molecule has 1 rings (SSSR count). The third-order valence-corrected chi connectivity index (χ3v) is 3.13. The molecule has 1 N–H and O–H groups in total. The summed E-state index contributed by atoms with van der Waals surface area (Å²) in [4.78, 5) is 0. The predicted molar refractivity (Wildman–Crippen MR) is 67.9 cm³/mol. The Morgan fingerprint density at radius 3 is 2.80 bits per heavy atom. The fourth-order valence-corrected chi connectivity index (χ4v) is 2.19. The van der Waals surface area contributed by atoms with Crippen LogP contribution in [0.3, 0.4) is 0 Å². The molecule has 0 bridgehead atoms. The van der Waals surface area contributed by atoms with E-state index in [1.54, 1.807) is 0 Å². The molecule has 0 spiro atoms. The number of aliphatic hydroxyl groups excluding tert-OH is 1. The SMILES string of the molecule is CCCCC(CO)Cc1cccc(Br)c1. The van der Waals surface area contributed by atoms with Crippen LogP contribution in [0, 0.1) is 5.92 Å². The Bertz CT molecular complexity index is 286. The molecule has 0 saturated heterocycles. The van der Waals surface area contributed by atoms with E-state index in [0.29, 0.717) is 12.5 Å². The Kier molecular flexibility index (Phi) is 5.96. The summed E-state index contributed by atoms with van der Waals surface area (Å²) in [6.07, 6.45) is 4.52. The van der Waals surface area contributed by atoms with E-state index >= 15 is 0 Å². The second kappa shape index (κ2) is 7.02. The van der Waals surface area contributed by atoms with E-state index in [0.717, 1.165) is 17.3 Å². The summed E-state index contributed by atoms with van der Waals surface area (Å²) < 4.78 is 1.12. The van der Waals surface area contributed by atoms with Crippen molar-refractivity contribution >= 4 is 15.9 Å². The Morgan fingerprint density at radius 2 is 2.20 bits per heavy atom. The first kappa shape index (κ1) is 12.7. The summed E-state index contributed by atoms with van der Waals surface area (Å²) in [5.74, 6) is 0.416. The van der Waals surface area contributed by atoms with E-state index in [1.165, 1.54) is 18.4 Å². The highest BCUT2D eigenvalue weighted by Gasteiger charge is 2.07. The highest BCUT2D eigenvalue weighted by molar-refractivity contribution is 9.10. The van der Waals surface area contributed by atoms with Crippen LogP contribution >= 0.6 is 15.9 Å². The Balaban J connectivity index is 2.50. The van der Waals surface area contributed by atoms with Crippen molar-refractivity contribution in [3.63, 3.8) is 0 Å². The van der Waals surface area contributed by atoms with Gasteiger partial charge in [-0.05, 0) is 36.5 Å². The van der Waals surface area contributed by atoms with Crippen molar-refractivity contribution < 1.29 is 5.11 Å². The molecule has 0 heterocycles. The first-order chi connectivity index (χ1) is 7.26. The van der Waals surface area contributed by atoms with Gasteiger partial charge >= 0.3 is 0 Å². The number of aliphatic hydroxyl groups is 1. The molecule has 0 fully saturated rings. The fourth-order valence-electron chi connectivity index (χ4n) is 1.75. The van der Waals surface area contributed by atoms with E-state index in [1.807, 2.05) is 12.1 Å². The maximum Gasteiger partial charge on any atom is 0.0462 e. The molecule has 0 amide bonds. The normalized spacial score (nSPS) is 12.7. The van der Waals surface area contributed by atoms with E-state index in [2.05, 4.69) is 35.0 Å². The van der Waals surface area contributed by atoms with Gasteiger partial charge in [-0.15, -0.1) is 0 Å². The third-order valence-electron chi connectivity index (χ3n) is 2.64. The Labute approximate surface area is 101 Å². The monoisotopic (exact) mass is 270 g/mol.